The summed E-state index contributed by atoms with van der Waals surface area (Å²) < 4.78 is 24.9. The van der Waals surface area contributed by atoms with Gasteiger partial charge in [-0.2, -0.15) is 5.10 Å². The number of carbonyl (C=O) groups excluding carboxylic acids is 1. The van der Waals surface area contributed by atoms with Gasteiger partial charge in [-0.15, -0.1) is 0 Å². The Balaban J connectivity index is 1.21. The standard InChI is InChI=1S/C34H31N5O9/c1-4-45-32-18-25(17-30(39(43)44)33(32)47-20-24-6-5-7-27(16-24)38(41)42)19-35-36-34(40)31-15-14-29(48-31)21-46-28-12-10-26(11-13-28)37-22(2)8-9-23(37)3/h5-19H,4,20-21H2,1-3H3,(H,36,40)/b35-19+. The first kappa shape index (κ1) is 32.9. The van der Waals surface area contributed by atoms with Crippen LogP contribution in [-0.2, 0) is 13.2 Å². The number of furan rings is 1. The van der Waals surface area contributed by atoms with E-state index in [4.69, 9.17) is 18.6 Å². The summed E-state index contributed by atoms with van der Waals surface area (Å²) in [5.41, 5.74) is 5.74. The zero-order chi connectivity index (χ0) is 34.2. The van der Waals surface area contributed by atoms with Crippen LogP contribution in [0.1, 0.15) is 45.8 Å². The van der Waals surface area contributed by atoms with Crippen molar-refractivity contribution in [2.24, 2.45) is 5.10 Å². The van der Waals surface area contributed by atoms with E-state index in [9.17, 15) is 25.0 Å². The van der Waals surface area contributed by atoms with E-state index in [1.54, 1.807) is 19.1 Å². The molecule has 0 radical (unpaired) electrons. The second-order valence-corrected chi connectivity index (χ2v) is 10.5. The summed E-state index contributed by atoms with van der Waals surface area (Å²) >= 11 is 0. The Bertz CT molecular complexity index is 1960. The summed E-state index contributed by atoms with van der Waals surface area (Å²) in [6.07, 6.45) is 1.21. The number of nitro benzene ring substituents is 2. The van der Waals surface area contributed by atoms with Crippen molar-refractivity contribution in [1.29, 1.82) is 0 Å². The number of ether oxygens (including phenoxy) is 3. The zero-order valence-corrected chi connectivity index (χ0v) is 26.2. The first-order valence-corrected chi connectivity index (χ1v) is 14.7. The van der Waals surface area contributed by atoms with E-state index in [0.717, 1.165) is 17.1 Å². The molecule has 0 saturated carbocycles. The van der Waals surface area contributed by atoms with Crippen LogP contribution in [0.15, 0.2) is 94.4 Å². The molecule has 48 heavy (non-hydrogen) atoms. The molecule has 1 N–H and O–H groups in total. The first-order valence-electron chi connectivity index (χ1n) is 14.7. The van der Waals surface area contributed by atoms with Crippen molar-refractivity contribution >= 4 is 23.5 Å². The molecule has 0 spiro atoms. The van der Waals surface area contributed by atoms with Crippen molar-refractivity contribution in [1.82, 2.24) is 9.99 Å². The predicted molar refractivity (Wildman–Crippen MR) is 175 cm³/mol. The number of nitro groups is 2. The highest BCUT2D eigenvalue weighted by Crippen LogP contribution is 2.39. The minimum atomic E-state index is -0.647. The van der Waals surface area contributed by atoms with E-state index in [2.05, 4.69) is 27.2 Å². The first-order chi connectivity index (χ1) is 23.1. The van der Waals surface area contributed by atoms with Gasteiger partial charge in [0.15, 0.2) is 11.5 Å². The minimum Gasteiger partial charge on any atom is -0.490 e. The maximum Gasteiger partial charge on any atom is 0.315 e. The molecule has 2 aromatic heterocycles. The third-order valence-corrected chi connectivity index (χ3v) is 7.07. The number of hydrazone groups is 1. The van der Waals surface area contributed by atoms with Crippen LogP contribution in [0.2, 0.25) is 0 Å². The van der Waals surface area contributed by atoms with Crippen molar-refractivity contribution in [3.63, 3.8) is 0 Å². The zero-order valence-electron chi connectivity index (χ0n) is 26.2. The van der Waals surface area contributed by atoms with Gasteiger partial charge in [0.05, 0.1) is 22.7 Å². The second-order valence-electron chi connectivity index (χ2n) is 10.5. The topological polar surface area (TPSA) is 173 Å². The highest BCUT2D eigenvalue weighted by Gasteiger charge is 2.23. The van der Waals surface area contributed by atoms with E-state index in [-0.39, 0.29) is 48.3 Å². The molecule has 5 aromatic rings. The van der Waals surface area contributed by atoms with Crippen LogP contribution in [0, 0.1) is 34.1 Å². The van der Waals surface area contributed by atoms with Crippen molar-refractivity contribution in [3.05, 3.63) is 139 Å². The Morgan fingerprint density at radius 1 is 0.896 bits per heavy atom. The van der Waals surface area contributed by atoms with Gasteiger partial charge in [-0.1, -0.05) is 12.1 Å². The summed E-state index contributed by atoms with van der Waals surface area (Å²) in [6, 6.07) is 23.3. The SMILES string of the molecule is CCOc1cc(/C=N/NC(=O)c2ccc(COc3ccc(-n4c(C)ccc4C)cc3)o2)cc([N+](=O)[O-])c1OCc1cccc([N+](=O)[O-])c1. The van der Waals surface area contributed by atoms with Crippen LogP contribution in [0.3, 0.4) is 0 Å². The summed E-state index contributed by atoms with van der Waals surface area (Å²) in [4.78, 5) is 34.5. The van der Waals surface area contributed by atoms with Crippen LogP contribution < -0.4 is 19.6 Å². The smallest absolute Gasteiger partial charge is 0.315 e. The number of carbonyl (C=O) groups is 1. The second kappa shape index (κ2) is 14.8. The van der Waals surface area contributed by atoms with E-state index < -0.39 is 21.4 Å². The highest BCUT2D eigenvalue weighted by molar-refractivity contribution is 5.92. The number of hydrogen-bond acceptors (Lipinski definition) is 10. The molecule has 14 nitrogen and oxygen atoms in total. The fraction of sp³-hybridized carbons (Fsp3) is 0.176. The van der Waals surface area contributed by atoms with Gasteiger partial charge in [-0.05, 0) is 80.9 Å². The number of rotatable bonds is 14. The van der Waals surface area contributed by atoms with Crippen LogP contribution >= 0.6 is 0 Å². The molecule has 0 aliphatic heterocycles. The van der Waals surface area contributed by atoms with Crippen LogP contribution in [0.25, 0.3) is 5.69 Å². The molecule has 3 aromatic carbocycles. The fourth-order valence-electron chi connectivity index (χ4n) is 4.86. The summed E-state index contributed by atoms with van der Waals surface area (Å²) in [5, 5.41) is 26.9. The lowest BCUT2D eigenvalue weighted by atomic mass is 10.1. The largest absolute Gasteiger partial charge is 0.490 e. The van der Waals surface area contributed by atoms with Crippen LogP contribution in [0.4, 0.5) is 11.4 Å². The minimum absolute atomic E-state index is 0.00876. The average molecular weight is 654 g/mol. The number of nitrogens with zero attached hydrogens (tertiary/aromatic N) is 4. The molecule has 0 atom stereocenters. The van der Waals surface area contributed by atoms with Gasteiger partial charge >= 0.3 is 11.6 Å². The van der Waals surface area contributed by atoms with Crippen molar-refractivity contribution < 1.29 is 33.3 Å². The molecule has 2 heterocycles. The molecule has 0 unspecified atom stereocenters. The molecule has 14 heteroatoms. The summed E-state index contributed by atoms with van der Waals surface area (Å²) in [5.74, 6) is 0.311. The number of hydrogen-bond donors (Lipinski definition) is 1. The Labute approximate surface area is 274 Å². The number of amides is 1. The molecule has 0 aliphatic carbocycles. The lowest BCUT2D eigenvalue weighted by molar-refractivity contribution is -0.386. The maximum absolute atomic E-state index is 12.7. The van der Waals surface area contributed by atoms with Gasteiger partial charge in [0, 0.05) is 40.8 Å². The molecule has 0 fully saturated rings. The normalized spacial score (nSPS) is 11.0. The van der Waals surface area contributed by atoms with Gasteiger partial charge in [0.1, 0.15) is 24.7 Å². The van der Waals surface area contributed by atoms with Gasteiger partial charge in [-0.25, -0.2) is 5.43 Å². The molecular formula is C34H31N5O9. The summed E-state index contributed by atoms with van der Waals surface area (Å²) in [7, 11) is 0. The van der Waals surface area contributed by atoms with Gasteiger partial charge in [0.25, 0.3) is 5.69 Å². The number of non-ortho nitro benzene ring substituents is 1. The van der Waals surface area contributed by atoms with E-state index >= 15 is 0 Å². The van der Waals surface area contributed by atoms with Crippen molar-refractivity contribution in [2.45, 2.75) is 34.0 Å². The maximum atomic E-state index is 12.7. The molecule has 5 rings (SSSR count). The van der Waals surface area contributed by atoms with E-state index in [1.165, 1.54) is 42.6 Å². The number of nitrogens with one attached hydrogen (secondary N) is 1. The number of benzene rings is 3. The van der Waals surface area contributed by atoms with Crippen molar-refractivity contribution in [3.8, 4) is 22.9 Å². The molecule has 0 aliphatic rings. The van der Waals surface area contributed by atoms with Gasteiger partial charge in [0.2, 0.25) is 5.75 Å². The molecular weight excluding hydrogens is 622 g/mol. The third kappa shape index (κ3) is 7.85. The fourth-order valence-corrected chi connectivity index (χ4v) is 4.86. The lowest BCUT2D eigenvalue weighted by Gasteiger charge is -2.13. The Morgan fingerprint density at radius 3 is 2.33 bits per heavy atom. The predicted octanol–water partition coefficient (Wildman–Crippen LogP) is 6.82. The Hall–Kier alpha value is -6.44. The quantitative estimate of drug-likeness (QED) is 0.0766. The Kier molecular flexibility index (Phi) is 10.1. The molecule has 0 bridgehead atoms. The monoisotopic (exact) mass is 653 g/mol. The number of aryl methyl sites for hydroxylation is 2. The molecule has 0 saturated heterocycles. The molecule has 246 valence electrons. The van der Waals surface area contributed by atoms with Crippen molar-refractivity contribution in [2.75, 3.05) is 6.61 Å². The lowest BCUT2D eigenvalue weighted by Crippen LogP contribution is -2.16. The Morgan fingerprint density at radius 2 is 1.65 bits per heavy atom. The van der Waals surface area contributed by atoms with Gasteiger partial charge in [-0.3, -0.25) is 25.0 Å². The van der Waals surface area contributed by atoms with E-state index in [1.807, 2.05) is 38.1 Å². The van der Waals surface area contributed by atoms with Crippen LogP contribution in [0.5, 0.6) is 17.2 Å². The highest BCUT2D eigenvalue weighted by atomic mass is 16.6. The van der Waals surface area contributed by atoms with Crippen LogP contribution in [-0.4, -0.2) is 33.1 Å². The average Bonchev–Trinajstić information content (AvgIpc) is 3.69. The summed E-state index contributed by atoms with van der Waals surface area (Å²) in [6.45, 7) is 5.87. The number of aromatic nitrogens is 1. The third-order valence-electron chi connectivity index (χ3n) is 7.07. The van der Waals surface area contributed by atoms with E-state index in [0.29, 0.717) is 17.1 Å². The molecule has 1 amide bonds. The van der Waals surface area contributed by atoms with Gasteiger partial charge < -0.3 is 23.2 Å².